The van der Waals surface area contributed by atoms with Crippen LogP contribution in [0.2, 0.25) is 0 Å². The van der Waals surface area contributed by atoms with Crippen LogP contribution in [0.15, 0.2) is 24.3 Å². The van der Waals surface area contributed by atoms with Crippen molar-refractivity contribution in [3.05, 3.63) is 24.3 Å². The zero-order valence-corrected chi connectivity index (χ0v) is 47.3. The summed E-state index contributed by atoms with van der Waals surface area (Å²) in [4.78, 5) is 24.6. The zero-order valence-electron chi connectivity index (χ0n) is 47.3. The smallest absolute Gasteiger partial charge is 0.305 e. The summed E-state index contributed by atoms with van der Waals surface area (Å²) >= 11 is 0. The SMILES string of the molecule is CCCCCCCCCCCCCCCCCCCCCC(O)C(CO)NC(=O)CCCCCCCCCCCC/C=C\C=C/CCCCCOC(=O)CCCCCCCCCCCCCCCCC. The first kappa shape index (κ1) is 68.3. The molecule has 3 N–H and O–H groups in total. The van der Waals surface area contributed by atoms with Gasteiger partial charge in [0.1, 0.15) is 0 Å². The molecule has 70 heavy (non-hydrogen) atoms. The van der Waals surface area contributed by atoms with Crippen LogP contribution >= 0.6 is 0 Å². The molecule has 2 unspecified atom stereocenters. The van der Waals surface area contributed by atoms with Crippen molar-refractivity contribution >= 4 is 11.9 Å². The maximum atomic E-state index is 12.5. The lowest BCUT2D eigenvalue weighted by Crippen LogP contribution is -2.45. The Labute approximate surface area is 437 Å². The van der Waals surface area contributed by atoms with E-state index in [2.05, 4.69) is 43.5 Å². The number of allylic oxidation sites excluding steroid dienone is 4. The highest BCUT2D eigenvalue weighted by molar-refractivity contribution is 5.76. The molecule has 0 aliphatic carbocycles. The van der Waals surface area contributed by atoms with Gasteiger partial charge >= 0.3 is 5.97 Å². The predicted octanol–water partition coefficient (Wildman–Crippen LogP) is 19.8. The molecular formula is C64H123NO5. The Kier molecular flexibility index (Phi) is 58.5. The van der Waals surface area contributed by atoms with Gasteiger partial charge in [-0.25, -0.2) is 0 Å². The van der Waals surface area contributed by atoms with Gasteiger partial charge in [-0.1, -0.05) is 301 Å². The zero-order chi connectivity index (χ0) is 50.7. The van der Waals surface area contributed by atoms with Gasteiger partial charge in [-0.05, 0) is 57.8 Å². The average Bonchev–Trinajstić information content (AvgIpc) is 3.36. The summed E-state index contributed by atoms with van der Waals surface area (Å²) in [5.41, 5.74) is 0. The van der Waals surface area contributed by atoms with Crippen LogP contribution in [-0.2, 0) is 14.3 Å². The van der Waals surface area contributed by atoms with Gasteiger partial charge in [-0.3, -0.25) is 9.59 Å². The molecule has 0 fully saturated rings. The number of nitrogens with one attached hydrogen (secondary N) is 1. The summed E-state index contributed by atoms with van der Waals surface area (Å²) < 4.78 is 5.46. The van der Waals surface area contributed by atoms with Crippen LogP contribution in [0.25, 0.3) is 0 Å². The maximum Gasteiger partial charge on any atom is 0.305 e. The predicted molar refractivity (Wildman–Crippen MR) is 306 cm³/mol. The molecule has 0 aromatic carbocycles. The summed E-state index contributed by atoms with van der Waals surface area (Å²) in [5, 5.41) is 23.3. The average molecular weight is 987 g/mol. The lowest BCUT2D eigenvalue weighted by molar-refractivity contribution is -0.143. The molecule has 1 amide bonds. The van der Waals surface area contributed by atoms with E-state index in [0.717, 1.165) is 70.6 Å². The molecule has 0 aromatic heterocycles. The number of aliphatic hydroxyl groups excluding tert-OH is 2. The standard InChI is InChI=1S/C64H123NO5/c1-3-5-7-9-11-13-15-17-19-20-22-25-29-32-36-40-44-48-52-56-62(67)61(60-66)65-63(68)57-53-49-45-41-37-33-30-26-23-21-24-27-31-35-39-43-47-51-55-59-70-64(69)58-54-50-46-42-38-34-28-18-16-14-12-10-8-6-4-2/h27,31,35,39,61-62,66-67H,3-26,28-30,32-34,36-38,40-60H2,1-2H3,(H,65,68)/b31-27-,39-35-. The molecule has 0 bridgehead atoms. The minimum atomic E-state index is -0.671. The lowest BCUT2D eigenvalue weighted by Gasteiger charge is -2.22. The van der Waals surface area contributed by atoms with E-state index in [1.165, 1.54) is 244 Å². The van der Waals surface area contributed by atoms with Crippen LogP contribution in [0.1, 0.15) is 348 Å². The van der Waals surface area contributed by atoms with E-state index in [4.69, 9.17) is 4.74 Å². The number of esters is 1. The van der Waals surface area contributed by atoms with E-state index < -0.39 is 12.1 Å². The number of hydrogen-bond acceptors (Lipinski definition) is 5. The Morgan fingerprint density at radius 3 is 1.06 bits per heavy atom. The van der Waals surface area contributed by atoms with Gasteiger partial charge in [0.05, 0.1) is 25.4 Å². The first-order chi connectivity index (χ1) is 34.5. The van der Waals surface area contributed by atoms with Crippen LogP contribution in [0, 0.1) is 0 Å². The number of rotatable bonds is 59. The molecule has 0 aliphatic rings. The molecule has 6 heteroatoms. The van der Waals surface area contributed by atoms with Crippen molar-refractivity contribution in [1.29, 1.82) is 0 Å². The van der Waals surface area contributed by atoms with Gasteiger partial charge < -0.3 is 20.3 Å². The third-order valence-electron chi connectivity index (χ3n) is 14.8. The Morgan fingerprint density at radius 1 is 0.400 bits per heavy atom. The monoisotopic (exact) mass is 986 g/mol. The second-order valence-electron chi connectivity index (χ2n) is 21.8. The highest BCUT2D eigenvalue weighted by Gasteiger charge is 2.20. The van der Waals surface area contributed by atoms with E-state index in [9.17, 15) is 19.8 Å². The number of carbonyl (C=O) groups excluding carboxylic acids is 2. The van der Waals surface area contributed by atoms with E-state index in [-0.39, 0.29) is 18.5 Å². The van der Waals surface area contributed by atoms with E-state index in [1.54, 1.807) is 0 Å². The molecule has 0 aromatic rings. The van der Waals surface area contributed by atoms with Crippen molar-refractivity contribution in [2.75, 3.05) is 13.2 Å². The highest BCUT2D eigenvalue weighted by atomic mass is 16.5. The number of carbonyl (C=O) groups is 2. The molecule has 0 heterocycles. The van der Waals surface area contributed by atoms with Crippen LogP contribution in [0.5, 0.6) is 0 Å². The van der Waals surface area contributed by atoms with Crippen molar-refractivity contribution < 1.29 is 24.5 Å². The minimum Gasteiger partial charge on any atom is -0.466 e. The normalized spacial score (nSPS) is 12.7. The number of hydrogen-bond donors (Lipinski definition) is 3. The molecule has 0 spiro atoms. The largest absolute Gasteiger partial charge is 0.466 e. The Bertz CT molecular complexity index is 1090. The van der Waals surface area contributed by atoms with Crippen LogP contribution in [0.3, 0.4) is 0 Å². The van der Waals surface area contributed by atoms with Crippen LogP contribution in [0.4, 0.5) is 0 Å². The molecule has 6 nitrogen and oxygen atoms in total. The number of unbranched alkanes of at least 4 members (excludes halogenated alkanes) is 45. The van der Waals surface area contributed by atoms with Gasteiger partial charge in [-0.15, -0.1) is 0 Å². The van der Waals surface area contributed by atoms with Crippen LogP contribution in [-0.4, -0.2) is 47.4 Å². The van der Waals surface area contributed by atoms with E-state index >= 15 is 0 Å². The second-order valence-corrected chi connectivity index (χ2v) is 21.8. The fourth-order valence-corrected chi connectivity index (χ4v) is 9.93. The summed E-state index contributed by atoms with van der Waals surface area (Å²) in [6.45, 7) is 4.94. The Hall–Kier alpha value is -1.66. The Morgan fingerprint density at radius 2 is 0.700 bits per heavy atom. The molecule has 414 valence electrons. The fourth-order valence-electron chi connectivity index (χ4n) is 9.93. The van der Waals surface area contributed by atoms with E-state index in [1.807, 2.05) is 0 Å². The van der Waals surface area contributed by atoms with E-state index in [0.29, 0.717) is 25.9 Å². The van der Waals surface area contributed by atoms with Gasteiger partial charge in [0.15, 0.2) is 0 Å². The summed E-state index contributed by atoms with van der Waals surface area (Å²) in [6.07, 6.45) is 73.3. The van der Waals surface area contributed by atoms with Gasteiger partial charge in [0, 0.05) is 12.8 Å². The number of ether oxygens (including phenoxy) is 1. The topological polar surface area (TPSA) is 95.9 Å². The van der Waals surface area contributed by atoms with Crippen molar-refractivity contribution in [2.45, 2.75) is 360 Å². The van der Waals surface area contributed by atoms with Crippen molar-refractivity contribution in [3.63, 3.8) is 0 Å². The van der Waals surface area contributed by atoms with Crippen molar-refractivity contribution in [3.8, 4) is 0 Å². The van der Waals surface area contributed by atoms with Gasteiger partial charge in [0.2, 0.25) is 5.91 Å². The first-order valence-corrected chi connectivity index (χ1v) is 31.6. The molecule has 0 saturated heterocycles. The van der Waals surface area contributed by atoms with Crippen molar-refractivity contribution in [1.82, 2.24) is 5.32 Å². The number of aliphatic hydroxyl groups is 2. The number of amides is 1. The quantitative estimate of drug-likeness (QED) is 0.0321. The third-order valence-corrected chi connectivity index (χ3v) is 14.8. The maximum absolute atomic E-state index is 12.5. The molecule has 2 atom stereocenters. The van der Waals surface area contributed by atoms with Crippen LogP contribution < -0.4 is 5.32 Å². The summed E-state index contributed by atoms with van der Waals surface area (Å²) in [6, 6.07) is -0.549. The third kappa shape index (κ3) is 55.7. The van der Waals surface area contributed by atoms with Crippen molar-refractivity contribution in [2.24, 2.45) is 0 Å². The molecule has 0 saturated carbocycles. The summed E-state index contributed by atoms with van der Waals surface area (Å²) in [7, 11) is 0. The molecule has 0 rings (SSSR count). The molecule has 0 radical (unpaired) electrons. The summed E-state index contributed by atoms with van der Waals surface area (Å²) in [5.74, 6) is -0.0515. The Balaban J connectivity index is 3.46. The first-order valence-electron chi connectivity index (χ1n) is 31.6. The second kappa shape index (κ2) is 59.9. The van der Waals surface area contributed by atoms with Gasteiger partial charge in [0.25, 0.3) is 0 Å². The minimum absolute atomic E-state index is 0.00978. The highest BCUT2D eigenvalue weighted by Crippen LogP contribution is 2.18. The lowest BCUT2D eigenvalue weighted by atomic mass is 10.0. The molecular weight excluding hydrogens is 863 g/mol. The molecule has 0 aliphatic heterocycles. The van der Waals surface area contributed by atoms with Gasteiger partial charge in [-0.2, -0.15) is 0 Å². The fraction of sp³-hybridized carbons (Fsp3) is 0.906.